The van der Waals surface area contributed by atoms with E-state index in [-0.39, 0.29) is 18.8 Å². The van der Waals surface area contributed by atoms with Gasteiger partial charge in [0.25, 0.3) is 0 Å². The molecule has 1 unspecified atom stereocenters. The summed E-state index contributed by atoms with van der Waals surface area (Å²) in [5, 5.41) is 0. The van der Waals surface area contributed by atoms with Crippen molar-refractivity contribution in [3.05, 3.63) is 12.7 Å². The highest BCUT2D eigenvalue weighted by Gasteiger charge is 1.94. The number of allylic oxidation sites excluding steroid dienone is 1. The van der Waals surface area contributed by atoms with E-state index >= 15 is 0 Å². The fourth-order valence-electron chi connectivity index (χ4n) is 0.475. The first kappa shape index (κ1) is 10.5. The summed E-state index contributed by atoms with van der Waals surface area (Å²) in [6, 6.07) is 0. The van der Waals surface area contributed by atoms with Crippen LogP contribution in [0.1, 0.15) is 12.8 Å². The maximum atomic E-state index is 10.5. The van der Waals surface area contributed by atoms with Crippen LogP contribution in [0.15, 0.2) is 12.7 Å². The number of hydrogen-bond donors (Lipinski definition) is 0. The van der Waals surface area contributed by atoms with E-state index in [4.69, 9.17) is 0 Å². The summed E-state index contributed by atoms with van der Waals surface area (Å²) in [6.45, 7) is 3.31. The van der Waals surface area contributed by atoms with Crippen molar-refractivity contribution in [1.82, 2.24) is 0 Å². The third kappa shape index (κ3) is 7.38. The lowest BCUT2D eigenvalue weighted by Gasteiger charge is -2.03. The van der Waals surface area contributed by atoms with Gasteiger partial charge < -0.3 is 8.74 Å². The van der Waals surface area contributed by atoms with Crippen LogP contribution < -0.4 is 0 Å². The van der Waals surface area contributed by atoms with Gasteiger partial charge in [0.2, 0.25) is 0 Å². The van der Waals surface area contributed by atoms with Gasteiger partial charge in [-0.05, 0) is 12.5 Å². The van der Waals surface area contributed by atoms with Gasteiger partial charge in [0, 0.05) is 6.42 Å². The third-order valence-corrected chi connectivity index (χ3v) is 1.33. The maximum Gasteiger partial charge on any atom is 0.155 e. The van der Waals surface area contributed by atoms with Crippen molar-refractivity contribution in [2.45, 2.75) is 12.8 Å². The summed E-state index contributed by atoms with van der Waals surface area (Å²) in [6.07, 6.45) is 1.88. The van der Waals surface area contributed by atoms with Gasteiger partial charge in [-0.25, -0.2) is 4.21 Å². The van der Waals surface area contributed by atoms with Crippen molar-refractivity contribution in [2.24, 2.45) is 0 Å². The zero-order valence-electron chi connectivity index (χ0n) is 5.95. The van der Waals surface area contributed by atoms with Crippen molar-refractivity contribution < 1.29 is 17.7 Å². The first-order valence-corrected chi connectivity index (χ1v) is 4.04. The van der Waals surface area contributed by atoms with E-state index in [1.165, 1.54) is 6.08 Å². The second-order valence-corrected chi connectivity index (χ2v) is 2.44. The second kappa shape index (κ2) is 6.21. The van der Waals surface area contributed by atoms with Crippen LogP contribution in [0.4, 0.5) is 0 Å². The Morgan fingerprint density at radius 2 is 2.36 bits per heavy atom. The second-order valence-electron chi connectivity index (χ2n) is 1.80. The molecule has 0 N–H and O–H groups in total. The van der Waals surface area contributed by atoms with Crippen LogP contribution in [0.5, 0.6) is 0 Å². The van der Waals surface area contributed by atoms with E-state index in [2.05, 4.69) is 10.8 Å². The van der Waals surface area contributed by atoms with Crippen molar-refractivity contribution in [3.63, 3.8) is 0 Å². The lowest BCUT2D eigenvalue weighted by atomic mass is 10.2. The molecule has 0 bridgehead atoms. The Morgan fingerprint density at radius 1 is 1.73 bits per heavy atom. The van der Waals surface area contributed by atoms with Gasteiger partial charge >= 0.3 is 0 Å². The summed E-state index contributed by atoms with van der Waals surface area (Å²) in [7, 11) is 0. The summed E-state index contributed by atoms with van der Waals surface area (Å²) >= 11 is -2.47. The molecule has 5 heteroatoms. The average molecular weight is 177 g/mol. The summed E-state index contributed by atoms with van der Waals surface area (Å²) in [5.41, 5.74) is 0. The normalized spacial score (nSPS) is 12.5. The molecule has 0 rings (SSSR count). The van der Waals surface area contributed by atoms with Gasteiger partial charge in [-0.3, -0.25) is 4.79 Å². The van der Waals surface area contributed by atoms with Crippen LogP contribution in [0.25, 0.3) is 0 Å². The molecule has 64 valence electrons. The summed E-state index contributed by atoms with van der Waals surface area (Å²) < 4.78 is 23.7. The molecule has 0 aliphatic heterocycles. The topological polar surface area (TPSA) is 66.4 Å². The molecule has 4 nitrogen and oxygen atoms in total. The van der Waals surface area contributed by atoms with Gasteiger partial charge in [-0.2, -0.15) is 0 Å². The minimum absolute atomic E-state index is 0.0513. The molecule has 11 heavy (non-hydrogen) atoms. The molecule has 0 aliphatic rings. The van der Waals surface area contributed by atoms with Crippen LogP contribution in [0, 0.1) is 0 Å². The Hall–Kier alpha value is -0.520. The Labute approximate surface area is 67.7 Å². The molecule has 0 amide bonds. The molecule has 0 radical (unpaired) electrons. The Morgan fingerprint density at radius 3 is 2.82 bits per heavy atom. The largest absolute Gasteiger partial charge is 0.750 e. The fourth-order valence-corrected chi connectivity index (χ4v) is 0.729. The molecule has 0 spiro atoms. The van der Waals surface area contributed by atoms with Gasteiger partial charge in [-0.15, -0.1) is 0 Å². The van der Waals surface area contributed by atoms with E-state index in [0.29, 0.717) is 6.42 Å². The lowest BCUT2D eigenvalue weighted by Crippen LogP contribution is -2.00. The number of hydrogen-bond acceptors (Lipinski definition) is 4. The van der Waals surface area contributed by atoms with Crippen molar-refractivity contribution in [3.8, 4) is 0 Å². The van der Waals surface area contributed by atoms with Crippen molar-refractivity contribution >= 4 is 17.1 Å². The van der Waals surface area contributed by atoms with Gasteiger partial charge in [-0.1, -0.05) is 6.58 Å². The van der Waals surface area contributed by atoms with Gasteiger partial charge in [0.1, 0.15) is 0 Å². The molecular weight excluding hydrogens is 168 g/mol. The maximum absolute atomic E-state index is 10.5. The number of ketones is 1. The highest BCUT2D eigenvalue weighted by Crippen LogP contribution is 1.93. The smallest absolute Gasteiger partial charge is 0.155 e. The monoisotopic (exact) mass is 177 g/mol. The van der Waals surface area contributed by atoms with Crippen LogP contribution in [0.3, 0.4) is 0 Å². The number of rotatable bonds is 6. The van der Waals surface area contributed by atoms with Crippen molar-refractivity contribution in [1.29, 1.82) is 0 Å². The standard InChI is InChI=1S/C6H10O4S/c1-2-6(7)4-3-5-10-11(8)9/h2H,1,3-5H2,(H,8,9)/p-1. The minimum atomic E-state index is -2.47. The highest BCUT2D eigenvalue weighted by atomic mass is 32.2. The molecule has 0 saturated heterocycles. The molecule has 0 aromatic heterocycles. The predicted octanol–water partition coefficient (Wildman–Crippen LogP) is 0.332. The summed E-state index contributed by atoms with van der Waals surface area (Å²) in [5.74, 6) is -0.106. The lowest BCUT2D eigenvalue weighted by molar-refractivity contribution is -0.114. The molecule has 0 heterocycles. The number of carbonyl (C=O) groups is 1. The quantitative estimate of drug-likeness (QED) is 0.333. The molecule has 0 saturated carbocycles. The van der Waals surface area contributed by atoms with Crippen molar-refractivity contribution in [2.75, 3.05) is 6.61 Å². The number of carbonyl (C=O) groups excluding carboxylic acids is 1. The van der Waals surface area contributed by atoms with Crippen LogP contribution in [-0.2, 0) is 20.3 Å². The molecule has 0 aliphatic carbocycles. The molecule has 1 atom stereocenters. The fraction of sp³-hybridized carbons (Fsp3) is 0.500. The summed E-state index contributed by atoms with van der Waals surface area (Å²) in [4.78, 5) is 10.5. The van der Waals surface area contributed by atoms with Gasteiger partial charge in [0.15, 0.2) is 5.78 Å². The van der Waals surface area contributed by atoms with Crippen LogP contribution >= 0.6 is 0 Å². The first-order valence-electron chi connectivity index (χ1n) is 3.04. The van der Waals surface area contributed by atoms with E-state index in [1.807, 2.05) is 0 Å². The van der Waals surface area contributed by atoms with E-state index in [9.17, 15) is 13.6 Å². The SMILES string of the molecule is C=CC(=O)CCCOS(=O)[O-]. The van der Waals surface area contributed by atoms with E-state index < -0.39 is 11.4 Å². The zero-order chi connectivity index (χ0) is 8.69. The van der Waals surface area contributed by atoms with Crippen LogP contribution in [0.2, 0.25) is 0 Å². The average Bonchev–Trinajstić information content (AvgIpc) is 1.97. The molecule has 0 fully saturated rings. The Bertz CT molecular complexity index is 166. The Kier molecular flexibility index (Phi) is 5.91. The molecular formula is C6H9O4S-. The predicted molar refractivity (Wildman–Crippen MR) is 39.3 cm³/mol. The first-order chi connectivity index (χ1) is 5.16. The minimum Gasteiger partial charge on any atom is -0.750 e. The zero-order valence-corrected chi connectivity index (χ0v) is 6.76. The van der Waals surface area contributed by atoms with E-state index in [1.54, 1.807) is 0 Å². The van der Waals surface area contributed by atoms with Crippen LogP contribution in [-0.4, -0.2) is 21.2 Å². The molecule has 0 aromatic rings. The Balaban J connectivity index is 3.21. The van der Waals surface area contributed by atoms with Gasteiger partial charge in [0.05, 0.1) is 18.0 Å². The third-order valence-electron chi connectivity index (χ3n) is 0.975. The van der Waals surface area contributed by atoms with E-state index in [0.717, 1.165) is 0 Å². The molecule has 0 aromatic carbocycles. The highest BCUT2D eigenvalue weighted by molar-refractivity contribution is 7.74.